The molecule has 4 heteroatoms. The van der Waals surface area contributed by atoms with E-state index < -0.39 is 5.54 Å². The first kappa shape index (κ1) is 11.2. The maximum Gasteiger partial charge on any atom is 0.203 e. The number of rotatable bonds is 4. The lowest BCUT2D eigenvalue weighted by Crippen LogP contribution is -2.52. The molecule has 0 bridgehead atoms. The summed E-state index contributed by atoms with van der Waals surface area (Å²) in [7, 11) is 0. The summed E-state index contributed by atoms with van der Waals surface area (Å²) in [5, 5.41) is 3.24. The predicted octanol–water partition coefficient (Wildman–Crippen LogP) is 1.03. The van der Waals surface area contributed by atoms with Crippen LogP contribution in [0.4, 0.5) is 0 Å². The van der Waals surface area contributed by atoms with Gasteiger partial charge in [-0.3, -0.25) is 9.78 Å². The summed E-state index contributed by atoms with van der Waals surface area (Å²) in [5.74, 6) is 0.0347. The molecule has 1 unspecified atom stereocenters. The Morgan fingerprint density at radius 3 is 3.06 bits per heavy atom. The lowest BCUT2D eigenvalue weighted by Gasteiger charge is -2.26. The van der Waals surface area contributed by atoms with E-state index >= 15 is 0 Å². The van der Waals surface area contributed by atoms with Gasteiger partial charge in [-0.15, -0.1) is 0 Å². The van der Waals surface area contributed by atoms with Crippen molar-refractivity contribution in [1.29, 1.82) is 0 Å². The van der Waals surface area contributed by atoms with Crippen LogP contribution in [0.3, 0.4) is 0 Å². The molecule has 0 spiro atoms. The summed E-state index contributed by atoms with van der Waals surface area (Å²) < 4.78 is 5.34. The van der Waals surface area contributed by atoms with Crippen molar-refractivity contribution in [2.24, 2.45) is 0 Å². The minimum absolute atomic E-state index is 0.0347. The van der Waals surface area contributed by atoms with Crippen molar-refractivity contribution in [2.75, 3.05) is 19.8 Å². The Kier molecular flexibility index (Phi) is 3.31. The Labute approximate surface area is 95.0 Å². The maximum absolute atomic E-state index is 12.4. The number of nitrogens with zero attached hydrogens (tertiary/aromatic N) is 1. The minimum atomic E-state index is -0.566. The summed E-state index contributed by atoms with van der Waals surface area (Å²) in [6, 6.07) is 5.39. The fourth-order valence-corrected chi connectivity index (χ4v) is 2.04. The van der Waals surface area contributed by atoms with Gasteiger partial charge in [-0.05, 0) is 25.1 Å². The third kappa shape index (κ3) is 1.99. The summed E-state index contributed by atoms with van der Waals surface area (Å²) in [4.78, 5) is 16.5. The lowest BCUT2D eigenvalue weighted by atomic mass is 9.90. The van der Waals surface area contributed by atoms with Gasteiger partial charge in [0.05, 0.1) is 6.61 Å². The molecule has 0 aromatic carbocycles. The molecule has 0 aliphatic carbocycles. The largest absolute Gasteiger partial charge is 0.379 e. The number of ether oxygens (including phenoxy) is 1. The Morgan fingerprint density at radius 1 is 1.62 bits per heavy atom. The molecule has 86 valence electrons. The van der Waals surface area contributed by atoms with Gasteiger partial charge in [0.25, 0.3) is 0 Å². The van der Waals surface area contributed by atoms with Gasteiger partial charge in [-0.1, -0.05) is 13.0 Å². The number of ketones is 1. The number of carbonyl (C=O) groups is 1. The SMILES string of the molecule is CCNC1(C(=O)c2ccccn2)CCOC1. The standard InChI is InChI=1S/C12H16N2O2/c1-2-14-12(6-8-16-9-12)11(15)10-5-3-4-7-13-10/h3-5,7,14H,2,6,8-9H2,1H3. The van der Waals surface area contributed by atoms with Crippen LogP contribution in [-0.2, 0) is 4.74 Å². The van der Waals surface area contributed by atoms with Crippen molar-refractivity contribution in [3.63, 3.8) is 0 Å². The van der Waals surface area contributed by atoms with Crippen LogP contribution in [0, 0.1) is 0 Å². The number of hydrogen-bond acceptors (Lipinski definition) is 4. The number of Topliss-reactive ketones (excluding diaryl/α,β-unsaturated/α-hetero) is 1. The van der Waals surface area contributed by atoms with Gasteiger partial charge in [0.15, 0.2) is 0 Å². The Morgan fingerprint density at radius 2 is 2.50 bits per heavy atom. The highest BCUT2D eigenvalue weighted by Gasteiger charge is 2.42. The molecule has 2 heterocycles. The summed E-state index contributed by atoms with van der Waals surface area (Å²) in [5.41, 5.74) is -0.0581. The molecule has 0 saturated carbocycles. The Balaban J connectivity index is 2.24. The van der Waals surface area contributed by atoms with Gasteiger partial charge in [0.1, 0.15) is 11.2 Å². The Hall–Kier alpha value is -1.26. The first-order valence-electron chi connectivity index (χ1n) is 5.57. The highest BCUT2D eigenvalue weighted by molar-refractivity contribution is 6.02. The molecule has 1 saturated heterocycles. The number of nitrogens with one attached hydrogen (secondary N) is 1. The van der Waals surface area contributed by atoms with Crippen LogP contribution in [0.25, 0.3) is 0 Å². The third-order valence-corrected chi connectivity index (χ3v) is 2.87. The van der Waals surface area contributed by atoms with E-state index in [9.17, 15) is 4.79 Å². The average Bonchev–Trinajstić information content (AvgIpc) is 2.80. The van der Waals surface area contributed by atoms with Gasteiger partial charge in [-0.25, -0.2) is 0 Å². The fraction of sp³-hybridized carbons (Fsp3) is 0.500. The number of carbonyl (C=O) groups excluding carboxylic acids is 1. The van der Waals surface area contributed by atoms with E-state index in [1.54, 1.807) is 12.3 Å². The summed E-state index contributed by atoms with van der Waals surface area (Å²) >= 11 is 0. The molecule has 1 fully saturated rings. The second kappa shape index (κ2) is 4.72. The maximum atomic E-state index is 12.4. The smallest absolute Gasteiger partial charge is 0.203 e. The fourth-order valence-electron chi connectivity index (χ4n) is 2.04. The topological polar surface area (TPSA) is 51.2 Å². The van der Waals surface area contributed by atoms with Crippen molar-refractivity contribution in [3.8, 4) is 0 Å². The van der Waals surface area contributed by atoms with E-state index in [0.29, 0.717) is 18.9 Å². The highest BCUT2D eigenvalue weighted by Crippen LogP contribution is 2.22. The molecule has 0 amide bonds. The van der Waals surface area contributed by atoms with Crippen LogP contribution in [0.5, 0.6) is 0 Å². The third-order valence-electron chi connectivity index (χ3n) is 2.87. The molecule has 4 nitrogen and oxygen atoms in total. The van der Waals surface area contributed by atoms with E-state index in [2.05, 4.69) is 10.3 Å². The van der Waals surface area contributed by atoms with Crippen LogP contribution in [0.15, 0.2) is 24.4 Å². The highest BCUT2D eigenvalue weighted by atomic mass is 16.5. The van der Waals surface area contributed by atoms with Crippen LogP contribution >= 0.6 is 0 Å². The van der Waals surface area contributed by atoms with Crippen LogP contribution in [-0.4, -0.2) is 36.1 Å². The van der Waals surface area contributed by atoms with Gasteiger partial charge >= 0.3 is 0 Å². The molecule has 1 aromatic rings. The van der Waals surface area contributed by atoms with Crippen LogP contribution in [0.2, 0.25) is 0 Å². The molecule has 16 heavy (non-hydrogen) atoms. The summed E-state index contributed by atoms with van der Waals surface area (Å²) in [6.45, 7) is 3.82. The molecule has 1 aromatic heterocycles. The molecule has 1 atom stereocenters. The monoisotopic (exact) mass is 220 g/mol. The zero-order valence-electron chi connectivity index (χ0n) is 9.40. The quantitative estimate of drug-likeness (QED) is 0.770. The normalized spacial score (nSPS) is 24.6. The molecular weight excluding hydrogens is 204 g/mol. The molecule has 1 aliphatic heterocycles. The summed E-state index contributed by atoms with van der Waals surface area (Å²) in [6.07, 6.45) is 2.36. The van der Waals surface area contributed by atoms with Crippen molar-refractivity contribution < 1.29 is 9.53 Å². The van der Waals surface area contributed by atoms with E-state index in [0.717, 1.165) is 13.0 Å². The Bertz CT molecular complexity index is 359. The average molecular weight is 220 g/mol. The lowest BCUT2D eigenvalue weighted by molar-refractivity contribution is 0.0814. The van der Waals surface area contributed by atoms with Crippen molar-refractivity contribution in [3.05, 3.63) is 30.1 Å². The zero-order valence-corrected chi connectivity index (χ0v) is 9.40. The second-order valence-electron chi connectivity index (χ2n) is 3.96. The van der Waals surface area contributed by atoms with Crippen molar-refractivity contribution in [2.45, 2.75) is 18.9 Å². The van der Waals surface area contributed by atoms with Gasteiger partial charge < -0.3 is 10.1 Å². The predicted molar refractivity (Wildman–Crippen MR) is 60.4 cm³/mol. The first-order valence-corrected chi connectivity index (χ1v) is 5.57. The van der Waals surface area contributed by atoms with Crippen LogP contribution in [0.1, 0.15) is 23.8 Å². The zero-order chi connectivity index (χ0) is 11.4. The van der Waals surface area contributed by atoms with E-state index in [1.165, 1.54) is 0 Å². The minimum Gasteiger partial charge on any atom is -0.379 e. The molecule has 0 radical (unpaired) electrons. The number of pyridine rings is 1. The van der Waals surface area contributed by atoms with Gasteiger partial charge in [-0.2, -0.15) is 0 Å². The van der Waals surface area contributed by atoms with Crippen LogP contribution < -0.4 is 5.32 Å². The van der Waals surface area contributed by atoms with E-state index in [4.69, 9.17) is 4.74 Å². The molecular formula is C12H16N2O2. The van der Waals surface area contributed by atoms with Crippen molar-refractivity contribution in [1.82, 2.24) is 10.3 Å². The first-order chi connectivity index (χ1) is 7.78. The van der Waals surface area contributed by atoms with E-state index in [-0.39, 0.29) is 5.78 Å². The van der Waals surface area contributed by atoms with E-state index in [1.807, 2.05) is 19.1 Å². The number of aromatic nitrogens is 1. The number of likely N-dealkylation sites (N-methyl/N-ethyl adjacent to an activating group) is 1. The molecule has 1 N–H and O–H groups in total. The number of hydrogen-bond donors (Lipinski definition) is 1. The van der Waals surface area contributed by atoms with Crippen molar-refractivity contribution >= 4 is 5.78 Å². The second-order valence-corrected chi connectivity index (χ2v) is 3.96. The molecule has 2 rings (SSSR count). The van der Waals surface area contributed by atoms with Gasteiger partial charge in [0.2, 0.25) is 5.78 Å². The molecule has 1 aliphatic rings. The van der Waals surface area contributed by atoms with Gasteiger partial charge in [0, 0.05) is 12.8 Å².